The molecule has 6 nitrogen and oxygen atoms in total. The van der Waals surface area contributed by atoms with Gasteiger partial charge in [-0.1, -0.05) is 33.6 Å². The Hall–Kier alpha value is -2.24. The van der Waals surface area contributed by atoms with Crippen LogP contribution in [0.2, 0.25) is 0 Å². The Kier molecular flexibility index (Phi) is 7.95. The van der Waals surface area contributed by atoms with Gasteiger partial charge in [-0.15, -0.1) is 0 Å². The largest absolute Gasteiger partial charge is 0.493 e. The Bertz CT molecular complexity index is 643. The fraction of sp³-hybridized carbons (Fsp3) is 0.619. The summed E-state index contributed by atoms with van der Waals surface area (Å²) in [6.07, 6.45) is 4.44. The third kappa shape index (κ3) is 6.45. The standard InChI is InChI=1S/C21H31NO5/c1-14(2)12-26-18-10-9-16(11-19(18)25-4)21(24)27-13-20(23)22-17-8-6-5-7-15(17)3/h9-11,14-15,17H,5-8,12-13H2,1-4H3,(H,22,23)/t15-,17-/m0/s1. The fourth-order valence-corrected chi connectivity index (χ4v) is 3.16. The minimum absolute atomic E-state index is 0.169. The highest BCUT2D eigenvalue weighted by Gasteiger charge is 2.23. The van der Waals surface area contributed by atoms with E-state index in [9.17, 15) is 9.59 Å². The lowest BCUT2D eigenvalue weighted by molar-refractivity contribution is -0.125. The summed E-state index contributed by atoms with van der Waals surface area (Å²) in [5, 5.41) is 2.97. The lowest BCUT2D eigenvalue weighted by Gasteiger charge is -2.29. The van der Waals surface area contributed by atoms with Crippen LogP contribution in [0.5, 0.6) is 11.5 Å². The smallest absolute Gasteiger partial charge is 0.338 e. The number of hydrogen-bond donors (Lipinski definition) is 1. The van der Waals surface area contributed by atoms with Crippen molar-refractivity contribution < 1.29 is 23.8 Å². The van der Waals surface area contributed by atoms with Gasteiger partial charge in [-0.3, -0.25) is 4.79 Å². The van der Waals surface area contributed by atoms with Gasteiger partial charge >= 0.3 is 5.97 Å². The van der Waals surface area contributed by atoms with Crippen molar-refractivity contribution in [2.24, 2.45) is 11.8 Å². The number of carbonyl (C=O) groups excluding carboxylic acids is 2. The normalized spacial score (nSPS) is 19.4. The molecule has 0 saturated heterocycles. The monoisotopic (exact) mass is 377 g/mol. The molecule has 0 bridgehead atoms. The second-order valence-electron chi connectivity index (χ2n) is 7.58. The molecule has 1 saturated carbocycles. The topological polar surface area (TPSA) is 73.9 Å². The van der Waals surface area contributed by atoms with Gasteiger partial charge in [-0.2, -0.15) is 0 Å². The van der Waals surface area contributed by atoms with Crippen LogP contribution in [0.3, 0.4) is 0 Å². The Morgan fingerprint density at radius 2 is 1.93 bits per heavy atom. The summed E-state index contributed by atoms with van der Waals surface area (Å²) in [5.41, 5.74) is 0.322. The molecule has 0 aromatic heterocycles. The number of benzene rings is 1. The number of esters is 1. The fourth-order valence-electron chi connectivity index (χ4n) is 3.16. The van der Waals surface area contributed by atoms with Gasteiger partial charge in [0.2, 0.25) is 0 Å². The van der Waals surface area contributed by atoms with Crippen molar-refractivity contribution in [2.45, 2.75) is 52.5 Å². The first kappa shape index (κ1) is 21.1. The highest BCUT2D eigenvalue weighted by Crippen LogP contribution is 2.29. The minimum Gasteiger partial charge on any atom is -0.493 e. The van der Waals surface area contributed by atoms with Gasteiger partial charge in [0.05, 0.1) is 19.3 Å². The van der Waals surface area contributed by atoms with E-state index in [1.165, 1.54) is 13.5 Å². The molecule has 1 aromatic carbocycles. The van der Waals surface area contributed by atoms with Gasteiger partial charge in [0.25, 0.3) is 5.91 Å². The highest BCUT2D eigenvalue weighted by atomic mass is 16.5. The van der Waals surface area contributed by atoms with E-state index in [0.717, 1.165) is 19.3 Å². The Balaban J connectivity index is 1.88. The van der Waals surface area contributed by atoms with Crippen LogP contribution in [0.1, 0.15) is 56.8 Å². The summed E-state index contributed by atoms with van der Waals surface area (Å²) < 4.78 is 16.1. The molecule has 6 heteroatoms. The van der Waals surface area contributed by atoms with Crippen LogP contribution in [0.4, 0.5) is 0 Å². The quantitative estimate of drug-likeness (QED) is 0.701. The van der Waals surface area contributed by atoms with Crippen LogP contribution >= 0.6 is 0 Å². The Morgan fingerprint density at radius 1 is 1.19 bits per heavy atom. The summed E-state index contributed by atoms with van der Waals surface area (Å²) in [6, 6.07) is 5.03. The number of carbonyl (C=O) groups is 2. The van der Waals surface area contributed by atoms with Crippen LogP contribution in [0.15, 0.2) is 18.2 Å². The van der Waals surface area contributed by atoms with Crippen LogP contribution in [0, 0.1) is 11.8 Å². The van der Waals surface area contributed by atoms with Gasteiger partial charge in [-0.05, 0) is 42.9 Å². The van der Waals surface area contributed by atoms with Gasteiger partial charge < -0.3 is 19.5 Å². The van der Waals surface area contributed by atoms with Crippen molar-refractivity contribution in [3.05, 3.63) is 23.8 Å². The zero-order chi connectivity index (χ0) is 19.8. The number of amides is 1. The first-order valence-corrected chi connectivity index (χ1v) is 9.68. The molecule has 27 heavy (non-hydrogen) atoms. The molecule has 0 radical (unpaired) electrons. The molecule has 1 aliphatic carbocycles. The van der Waals surface area contributed by atoms with Crippen LogP contribution in [-0.2, 0) is 9.53 Å². The number of nitrogens with one attached hydrogen (secondary N) is 1. The van der Waals surface area contributed by atoms with Crippen LogP contribution in [-0.4, -0.2) is 38.2 Å². The molecular weight excluding hydrogens is 346 g/mol. The molecule has 1 aromatic rings. The molecule has 1 N–H and O–H groups in total. The van der Waals surface area contributed by atoms with Gasteiger partial charge in [0, 0.05) is 6.04 Å². The van der Waals surface area contributed by atoms with E-state index < -0.39 is 5.97 Å². The predicted octanol–water partition coefficient (Wildman–Crippen LogP) is 3.58. The second kappa shape index (κ2) is 10.2. The third-order valence-corrected chi connectivity index (χ3v) is 4.76. The average molecular weight is 377 g/mol. The van der Waals surface area contributed by atoms with E-state index in [0.29, 0.717) is 35.5 Å². The maximum atomic E-state index is 12.3. The van der Waals surface area contributed by atoms with Gasteiger partial charge in [-0.25, -0.2) is 4.79 Å². The zero-order valence-electron chi connectivity index (χ0n) is 16.7. The Morgan fingerprint density at radius 3 is 2.59 bits per heavy atom. The van der Waals surface area contributed by atoms with E-state index in [4.69, 9.17) is 14.2 Å². The maximum Gasteiger partial charge on any atom is 0.338 e. The molecular formula is C21H31NO5. The highest BCUT2D eigenvalue weighted by molar-refractivity contribution is 5.92. The first-order chi connectivity index (χ1) is 12.9. The SMILES string of the molecule is COc1cc(C(=O)OCC(=O)N[C@H]2CCCC[C@@H]2C)ccc1OCC(C)C. The van der Waals surface area contributed by atoms with Crippen molar-refractivity contribution in [2.75, 3.05) is 20.3 Å². The number of ether oxygens (including phenoxy) is 3. The third-order valence-electron chi connectivity index (χ3n) is 4.76. The lowest BCUT2D eigenvalue weighted by Crippen LogP contribution is -2.42. The van der Waals surface area contributed by atoms with Crippen LogP contribution < -0.4 is 14.8 Å². The molecule has 2 atom stereocenters. The van der Waals surface area contributed by atoms with Crippen molar-refractivity contribution in [1.29, 1.82) is 0 Å². The number of rotatable bonds is 8. The van der Waals surface area contributed by atoms with Crippen molar-refractivity contribution in [1.82, 2.24) is 5.32 Å². The van der Waals surface area contributed by atoms with Gasteiger partial charge in [0.15, 0.2) is 18.1 Å². The van der Waals surface area contributed by atoms with Crippen molar-refractivity contribution in [3.8, 4) is 11.5 Å². The molecule has 0 spiro atoms. The van der Waals surface area contributed by atoms with E-state index >= 15 is 0 Å². The van der Waals surface area contributed by atoms with Crippen LogP contribution in [0.25, 0.3) is 0 Å². The summed E-state index contributed by atoms with van der Waals surface area (Å²) in [6.45, 7) is 6.52. The minimum atomic E-state index is -0.560. The second-order valence-corrected chi connectivity index (χ2v) is 7.58. The Labute approximate surface area is 161 Å². The van der Waals surface area contributed by atoms with Crippen molar-refractivity contribution in [3.63, 3.8) is 0 Å². The summed E-state index contributed by atoms with van der Waals surface area (Å²) in [5.74, 6) is 1.06. The summed E-state index contributed by atoms with van der Waals surface area (Å²) in [4.78, 5) is 24.3. The van der Waals surface area contributed by atoms with E-state index in [-0.39, 0.29) is 18.6 Å². The van der Waals surface area contributed by atoms with Crippen molar-refractivity contribution >= 4 is 11.9 Å². The predicted molar refractivity (Wildman–Crippen MR) is 103 cm³/mol. The molecule has 0 heterocycles. The molecule has 150 valence electrons. The summed E-state index contributed by atoms with van der Waals surface area (Å²) >= 11 is 0. The molecule has 0 unspecified atom stereocenters. The number of hydrogen-bond acceptors (Lipinski definition) is 5. The molecule has 0 aliphatic heterocycles. The first-order valence-electron chi connectivity index (χ1n) is 9.68. The van der Waals surface area contributed by atoms with E-state index in [1.54, 1.807) is 18.2 Å². The number of methoxy groups -OCH3 is 1. The van der Waals surface area contributed by atoms with E-state index in [2.05, 4.69) is 26.1 Å². The molecule has 1 aliphatic rings. The molecule has 1 fully saturated rings. The average Bonchev–Trinajstić information content (AvgIpc) is 2.66. The maximum absolute atomic E-state index is 12.3. The summed E-state index contributed by atoms with van der Waals surface area (Å²) in [7, 11) is 1.52. The van der Waals surface area contributed by atoms with Gasteiger partial charge in [0.1, 0.15) is 0 Å². The molecule has 2 rings (SSSR count). The van der Waals surface area contributed by atoms with E-state index in [1.807, 2.05) is 0 Å². The molecule has 1 amide bonds. The lowest BCUT2D eigenvalue weighted by atomic mass is 9.86. The zero-order valence-corrected chi connectivity index (χ0v) is 16.7.